The van der Waals surface area contributed by atoms with Crippen LogP contribution in [-0.4, -0.2) is 28.8 Å². The van der Waals surface area contributed by atoms with Gasteiger partial charge in [0.25, 0.3) is 0 Å². The lowest BCUT2D eigenvalue weighted by Gasteiger charge is -2.33. The average molecular weight is 489 g/mol. The van der Waals surface area contributed by atoms with Crippen LogP contribution in [0.1, 0.15) is 67.7 Å². The van der Waals surface area contributed by atoms with Crippen molar-refractivity contribution < 1.29 is 9.59 Å². The molecule has 0 radical (unpaired) electrons. The molecule has 3 rings (SSSR count). The van der Waals surface area contributed by atoms with Crippen molar-refractivity contribution in [2.75, 3.05) is 0 Å². The third-order valence-corrected chi connectivity index (χ3v) is 7.36. The fourth-order valence-electron chi connectivity index (χ4n) is 4.51. The Kier molecular flexibility index (Phi) is 9.22. The number of nitrogens with one attached hydrogen (secondary N) is 1. The van der Waals surface area contributed by atoms with Crippen LogP contribution in [0, 0.1) is 13.8 Å². The van der Waals surface area contributed by atoms with Crippen molar-refractivity contribution in [3.8, 4) is 0 Å². The molecule has 1 aliphatic rings. The molecule has 6 heteroatoms. The molecule has 2 aromatic carbocycles. The first-order chi connectivity index (χ1) is 15.8. The quantitative estimate of drug-likeness (QED) is 0.466. The fourth-order valence-corrected chi connectivity index (χ4v) is 5.02. The molecule has 1 fully saturated rings. The first-order valence-corrected chi connectivity index (χ1v) is 12.6. The van der Waals surface area contributed by atoms with Crippen molar-refractivity contribution in [2.24, 2.45) is 0 Å². The van der Waals surface area contributed by atoms with E-state index in [-0.39, 0.29) is 30.8 Å². The molecule has 1 saturated carbocycles. The first kappa shape index (κ1) is 25.6. The minimum absolute atomic E-state index is 0.0963. The van der Waals surface area contributed by atoms with Gasteiger partial charge in [0.2, 0.25) is 11.8 Å². The van der Waals surface area contributed by atoms with Crippen LogP contribution >= 0.6 is 23.2 Å². The van der Waals surface area contributed by atoms with E-state index in [9.17, 15) is 9.59 Å². The fraction of sp³-hybridized carbons (Fsp3) is 0.481. The Bertz CT molecular complexity index is 966. The molecule has 33 heavy (non-hydrogen) atoms. The largest absolute Gasteiger partial charge is 0.352 e. The standard InChI is InChI=1S/C27H34Cl2N2O2/c1-4-25(27(33)30-21-9-6-5-7-10-21)31(17-22-23(28)11-8-12-24(22)29)26(32)16-20-14-13-18(2)19(3)15-20/h8,11-15,21,25H,4-7,9-10,16-17H2,1-3H3,(H,30,33). The van der Waals surface area contributed by atoms with Crippen LogP contribution in [0.3, 0.4) is 0 Å². The number of nitrogens with zero attached hydrogens (tertiary/aromatic N) is 1. The Morgan fingerprint density at radius 3 is 2.30 bits per heavy atom. The number of rotatable bonds is 8. The molecular weight excluding hydrogens is 455 g/mol. The van der Waals surface area contributed by atoms with E-state index < -0.39 is 6.04 Å². The number of halogens is 2. The van der Waals surface area contributed by atoms with Gasteiger partial charge in [-0.05, 0) is 61.9 Å². The summed E-state index contributed by atoms with van der Waals surface area (Å²) in [5.74, 6) is -0.208. The number of carbonyl (C=O) groups excluding carboxylic acids is 2. The van der Waals surface area contributed by atoms with E-state index in [4.69, 9.17) is 23.2 Å². The van der Waals surface area contributed by atoms with E-state index in [1.165, 1.54) is 12.0 Å². The van der Waals surface area contributed by atoms with Crippen molar-refractivity contribution in [3.05, 3.63) is 68.7 Å². The van der Waals surface area contributed by atoms with Crippen LogP contribution in [0.4, 0.5) is 0 Å². The van der Waals surface area contributed by atoms with Gasteiger partial charge in [-0.3, -0.25) is 9.59 Å². The Morgan fingerprint density at radius 1 is 1.03 bits per heavy atom. The number of hydrogen-bond donors (Lipinski definition) is 1. The van der Waals surface area contributed by atoms with Crippen LogP contribution in [0.2, 0.25) is 10.0 Å². The first-order valence-electron chi connectivity index (χ1n) is 11.9. The molecule has 1 unspecified atom stereocenters. The zero-order valence-electron chi connectivity index (χ0n) is 19.8. The molecule has 0 saturated heterocycles. The van der Waals surface area contributed by atoms with Gasteiger partial charge in [0.05, 0.1) is 6.42 Å². The highest BCUT2D eigenvalue weighted by Crippen LogP contribution is 2.28. The Balaban J connectivity index is 1.87. The zero-order valence-corrected chi connectivity index (χ0v) is 21.3. The highest BCUT2D eigenvalue weighted by atomic mass is 35.5. The van der Waals surface area contributed by atoms with Crippen LogP contribution in [0.15, 0.2) is 36.4 Å². The summed E-state index contributed by atoms with van der Waals surface area (Å²) in [7, 11) is 0. The number of aryl methyl sites for hydroxylation is 2. The van der Waals surface area contributed by atoms with Crippen LogP contribution in [0.5, 0.6) is 0 Å². The minimum Gasteiger partial charge on any atom is -0.352 e. The van der Waals surface area contributed by atoms with Gasteiger partial charge < -0.3 is 10.2 Å². The lowest BCUT2D eigenvalue weighted by Crippen LogP contribution is -2.52. The highest BCUT2D eigenvalue weighted by Gasteiger charge is 2.31. The molecule has 0 aliphatic heterocycles. The summed E-state index contributed by atoms with van der Waals surface area (Å²) >= 11 is 12.9. The molecule has 178 valence electrons. The third-order valence-electron chi connectivity index (χ3n) is 6.65. The highest BCUT2D eigenvalue weighted by molar-refractivity contribution is 6.36. The summed E-state index contributed by atoms with van der Waals surface area (Å²) in [5, 5.41) is 4.19. The summed E-state index contributed by atoms with van der Waals surface area (Å²) in [5.41, 5.74) is 3.92. The summed E-state index contributed by atoms with van der Waals surface area (Å²) in [6, 6.07) is 10.9. The molecule has 0 bridgehead atoms. The van der Waals surface area contributed by atoms with E-state index in [0.717, 1.165) is 36.8 Å². The van der Waals surface area contributed by atoms with Crippen LogP contribution in [-0.2, 0) is 22.6 Å². The van der Waals surface area contributed by atoms with E-state index >= 15 is 0 Å². The molecule has 1 N–H and O–H groups in total. The zero-order chi connectivity index (χ0) is 24.0. The third kappa shape index (κ3) is 6.74. The summed E-state index contributed by atoms with van der Waals surface area (Å²) in [4.78, 5) is 28.6. The molecule has 0 aromatic heterocycles. The van der Waals surface area contributed by atoms with Gasteiger partial charge in [0.15, 0.2) is 0 Å². The maximum atomic E-state index is 13.6. The Labute approximate surface area is 207 Å². The van der Waals surface area contributed by atoms with Gasteiger partial charge in [-0.1, -0.05) is 73.7 Å². The summed E-state index contributed by atoms with van der Waals surface area (Å²) in [6.45, 7) is 6.22. The van der Waals surface area contributed by atoms with Gasteiger partial charge in [-0.15, -0.1) is 0 Å². The second-order valence-corrected chi connectivity index (χ2v) is 9.90. The molecule has 1 atom stereocenters. The van der Waals surface area contributed by atoms with Gasteiger partial charge in [0.1, 0.15) is 6.04 Å². The predicted molar refractivity (Wildman–Crippen MR) is 136 cm³/mol. The molecule has 1 aliphatic carbocycles. The maximum absolute atomic E-state index is 13.6. The van der Waals surface area contributed by atoms with Crippen molar-refractivity contribution in [2.45, 2.75) is 84.3 Å². The van der Waals surface area contributed by atoms with Gasteiger partial charge >= 0.3 is 0 Å². The van der Waals surface area contributed by atoms with Gasteiger partial charge in [-0.25, -0.2) is 0 Å². The lowest BCUT2D eigenvalue weighted by atomic mass is 9.95. The second-order valence-electron chi connectivity index (χ2n) is 9.08. The SMILES string of the molecule is CCC(C(=O)NC1CCCCC1)N(Cc1c(Cl)cccc1Cl)C(=O)Cc1ccc(C)c(C)c1. The molecule has 2 aromatic rings. The maximum Gasteiger partial charge on any atom is 0.243 e. The Hall–Kier alpha value is -2.04. The number of benzene rings is 2. The van der Waals surface area contributed by atoms with Gasteiger partial charge in [-0.2, -0.15) is 0 Å². The molecule has 4 nitrogen and oxygen atoms in total. The Morgan fingerprint density at radius 2 is 1.70 bits per heavy atom. The topological polar surface area (TPSA) is 49.4 Å². The normalized spacial score (nSPS) is 15.2. The lowest BCUT2D eigenvalue weighted by molar-refractivity contribution is -0.141. The summed E-state index contributed by atoms with van der Waals surface area (Å²) in [6.07, 6.45) is 6.20. The number of hydrogen-bond acceptors (Lipinski definition) is 2. The number of carbonyl (C=O) groups is 2. The van der Waals surface area contributed by atoms with Crippen LogP contribution < -0.4 is 5.32 Å². The van der Waals surface area contributed by atoms with E-state index in [1.807, 2.05) is 32.0 Å². The van der Waals surface area contributed by atoms with E-state index in [0.29, 0.717) is 22.0 Å². The minimum atomic E-state index is -0.585. The molecule has 2 amide bonds. The van der Waals surface area contributed by atoms with Gasteiger partial charge in [0, 0.05) is 28.2 Å². The monoisotopic (exact) mass is 488 g/mol. The van der Waals surface area contributed by atoms with E-state index in [2.05, 4.69) is 12.2 Å². The van der Waals surface area contributed by atoms with E-state index in [1.54, 1.807) is 23.1 Å². The van der Waals surface area contributed by atoms with Crippen LogP contribution in [0.25, 0.3) is 0 Å². The molecule has 0 heterocycles. The van der Waals surface area contributed by atoms with Crippen molar-refractivity contribution >= 4 is 35.0 Å². The van der Waals surface area contributed by atoms with Crippen molar-refractivity contribution in [3.63, 3.8) is 0 Å². The van der Waals surface area contributed by atoms with Crippen molar-refractivity contribution in [1.82, 2.24) is 10.2 Å². The number of amides is 2. The van der Waals surface area contributed by atoms with Crippen molar-refractivity contribution in [1.29, 1.82) is 0 Å². The summed E-state index contributed by atoms with van der Waals surface area (Å²) < 4.78 is 0. The second kappa shape index (κ2) is 11.9. The molecular formula is C27H34Cl2N2O2. The predicted octanol–water partition coefficient (Wildman–Crippen LogP) is 6.41. The average Bonchev–Trinajstić information content (AvgIpc) is 2.78. The molecule has 0 spiro atoms. The smallest absolute Gasteiger partial charge is 0.243 e.